The number of carbonyl (C=O) groups is 2. The van der Waals surface area contributed by atoms with Crippen molar-refractivity contribution in [3.05, 3.63) is 0 Å². The van der Waals surface area contributed by atoms with Crippen molar-refractivity contribution in [1.29, 1.82) is 0 Å². The second-order valence-electron chi connectivity index (χ2n) is 5.67. The molecule has 7 nitrogen and oxygen atoms in total. The molecular formula is C12H21NO6S. The van der Waals surface area contributed by atoms with E-state index in [-0.39, 0.29) is 19.7 Å². The SMILES string of the molecule is CS(=O)C1CO[C@H](C(=O)O)CN(C(=O)OC(C)(C)C)C1. The molecule has 20 heavy (non-hydrogen) atoms. The average Bonchev–Trinajstić information content (AvgIpc) is 2.48. The lowest BCUT2D eigenvalue weighted by atomic mass is 10.2. The van der Waals surface area contributed by atoms with E-state index >= 15 is 0 Å². The van der Waals surface area contributed by atoms with Crippen molar-refractivity contribution < 1.29 is 28.4 Å². The summed E-state index contributed by atoms with van der Waals surface area (Å²) >= 11 is 0. The van der Waals surface area contributed by atoms with Gasteiger partial charge in [-0.05, 0) is 20.8 Å². The second kappa shape index (κ2) is 6.53. The Morgan fingerprint density at radius 2 is 1.95 bits per heavy atom. The standard InChI is InChI=1S/C12H21NO6S/c1-12(2,3)19-11(16)13-5-8(20(4)17)7-18-9(6-13)10(14)15/h8-9H,5-7H2,1-4H3,(H,14,15)/t8?,9-,20?/m0/s1. The molecule has 2 unspecified atom stereocenters. The summed E-state index contributed by atoms with van der Waals surface area (Å²) in [6.07, 6.45) is -0.247. The van der Waals surface area contributed by atoms with E-state index in [0.29, 0.717) is 0 Å². The predicted octanol–water partition coefficient (Wildman–Crippen LogP) is 0.454. The maximum Gasteiger partial charge on any atom is 0.410 e. The smallest absolute Gasteiger partial charge is 0.410 e. The minimum Gasteiger partial charge on any atom is -0.479 e. The molecule has 1 heterocycles. The molecule has 1 aliphatic heterocycles. The third kappa shape index (κ3) is 5.09. The van der Waals surface area contributed by atoms with Crippen LogP contribution < -0.4 is 0 Å². The molecule has 0 aromatic carbocycles. The van der Waals surface area contributed by atoms with Gasteiger partial charge < -0.3 is 19.5 Å². The van der Waals surface area contributed by atoms with E-state index in [4.69, 9.17) is 14.6 Å². The van der Waals surface area contributed by atoms with Gasteiger partial charge in [0.2, 0.25) is 0 Å². The molecule has 0 saturated carbocycles. The monoisotopic (exact) mass is 307 g/mol. The lowest BCUT2D eigenvalue weighted by molar-refractivity contribution is -0.150. The van der Waals surface area contributed by atoms with Gasteiger partial charge in [0.1, 0.15) is 5.60 Å². The van der Waals surface area contributed by atoms with Crippen LogP contribution in [0.1, 0.15) is 20.8 Å². The van der Waals surface area contributed by atoms with Crippen LogP contribution in [0.5, 0.6) is 0 Å². The van der Waals surface area contributed by atoms with Crippen LogP contribution in [0.15, 0.2) is 0 Å². The van der Waals surface area contributed by atoms with Crippen molar-refractivity contribution in [3.63, 3.8) is 0 Å². The van der Waals surface area contributed by atoms with E-state index in [9.17, 15) is 13.8 Å². The lowest BCUT2D eigenvalue weighted by Gasteiger charge is -2.28. The highest BCUT2D eigenvalue weighted by molar-refractivity contribution is 7.85. The number of ether oxygens (including phenoxy) is 2. The second-order valence-corrected chi connectivity index (χ2v) is 7.33. The molecule has 1 N–H and O–H groups in total. The van der Waals surface area contributed by atoms with Gasteiger partial charge in [0.15, 0.2) is 6.10 Å². The van der Waals surface area contributed by atoms with E-state index in [1.165, 1.54) is 11.2 Å². The zero-order valence-electron chi connectivity index (χ0n) is 12.1. The van der Waals surface area contributed by atoms with Gasteiger partial charge in [0, 0.05) is 23.6 Å². The third-order valence-corrected chi connectivity index (χ3v) is 3.91. The van der Waals surface area contributed by atoms with E-state index in [0.717, 1.165) is 0 Å². The Morgan fingerprint density at radius 1 is 1.35 bits per heavy atom. The van der Waals surface area contributed by atoms with Crippen LogP contribution in [0.2, 0.25) is 0 Å². The number of aliphatic carboxylic acids is 1. The van der Waals surface area contributed by atoms with E-state index in [2.05, 4.69) is 0 Å². The van der Waals surface area contributed by atoms with Crippen molar-refractivity contribution in [2.45, 2.75) is 37.7 Å². The Kier molecular flexibility index (Phi) is 5.52. The van der Waals surface area contributed by atoms with Crippen LogP contribution in [-0.2, 0) is 25.1 Å². The molecule has 1 aliphatic rings. The normalized spacial score (nSPS) is 25.7. The summed E-state index contributed by atoms with van der Waals surface area (Å²) in [5, 5.41) is 8.62. The molecule has 1 saturated heterocycles. The first-order valence-corrected chi connectivity index (χ1v) is 7.87. The van der Waals surface area contributed by atoms with E-state index < -0.39 is 39.8 Å². The number of carbonyl (C=O) groups excluding carboxylic acids is 1. The van der Waals surface area contributed by atoms with Crippen molar-refractivity contribution in [3.8, 4) is 0 Å². The fourth-order valence-corrected chi connectivity index (χ4v) is 2.34. The fraction of sp³-hybridized carbons (Fsp3) is 0.833. The van der Waals surface area contributed by atoms with Crippen LogP contribution in [0.3, 0.4) is 0 Å². The van der Waals surface area contributed by atoms with Gasteiger partial charge in [0.25, 0.3) is 0 Å². The summed E-state index contributed by atoms with van der Waals surface area (Å²) in [5.74, 6) is -1.15. The van der Waals surface area contributed by atoms with Crippen molar-refractivity contribution in [2.75, 3.05) is 26.0 Å². The Hall–Kier alpha value is -1.15. The van der Waals surface area contributed by atoms with Gasteiger partial charge >= 0.3 is 12.1 Å². The zero-order chi connectivity index (χ0) is 15.5. The quantitative estimate of drug-likeness (QED) is 0.796. The van der Waals surface area contributed by atoms with Crippen molar-refractivity contribution in [1.82, 2.24) is 4.90 Å². The number of amides is 1. The molecule has 3 atom stereocenters. The molecule has 0 spiro atoms. The van der Waals surface area contributed by atoms with E-state index in [1.54, 1.807) is 20.8 Å². The lowest BCUT2D eigenvalue weighted by Crippen LogP contribution is -2.44. The summed E-state index contributed by atoms with van der Waals surface area (Å²) in [5.41, 5.74) is -0.677. The fourth-order valence-electron chi connectivity index (χ4n) is 1.68. The Balaban J connectivity index is 2.85. The predicted molar refractivity (Wildman–Crippen MR) is 73.0 cm³/mol. The van der Waals surface area contributed by atoms with Gasteiger partial charge in [-0.25, -0.2) is 9.59 Å². The van der Waals surface area contributed by atoms with Gasteiger partial charge in [-0.15, -0.1) is 0 Å². The summed E-state index contributed by atoms with van der Waals surface area (Å²) in [6.45, 7) is 5.26. The highest BCUT2D eigenvalue weighted by atomic mass is 32.2. The van der Waals surface area contributed by atoms with Gasteiger partial charge in [-0.1, -0.05) is 0 Å². The zero-order valence-corrected chi connectivity index (χ0v) is 12.9. The minimum absolute atomic E-state index is 0.0410. The Labute approximate surface area is 120 Å². The number of hydrogen-bond acceptors (Lipinski definition) is 5. The number of nitrogens with zero attached hydrogens (tertiary/aromatic N) is 1. The molecule has 0 aromatic heterocycles. The molecule has 1 amide bonds. The van der Waals surface area contributed by atoms with Gasteiger partial charge in [-0.2, -0.15) is 0 Å². The highest BCUT2D eigenvalue weighted by Crippen LogP contribution is 2.15. The summed E-state index contributed by atoms with van der Waals surface area (Å²) in [4.78, 5) is 24.4. The van der Waals surface area contributed by atoms with Crippen molar-refractivity contribution in [2.24, 2.45) is 0 Å². The first kappa shape index (κ1) is 16.9. The topological polar surface area (TPSA) is 93.1 Å². The molecular weight excluding hydrogens is 286 g/mol. The molecule has 1 fully saturated rings. The number of carboxylic acid groups (broad SMARTS) is 1. The number of rotatable bonds is 2. The van der Waals surface area contributed by atoms with Crippen LogP contribution >= 0.6 is 0 Å². The first-order chi connectivity index (χ1) is 9.10. The molecule has 0 aliphatic carbocycles. The maximum absolute atomic E-state index is 12.1. The Bertz CT molecular complexity index is 381. The van der Waals surface area contributed by atoms with Crippen LogP contribution in [0.4, 0.5) is 4.79 Å². The minimum atomic E-state index is -1.22. The molecule has 0 bridgehead atoms. The molecule has 116 valence electrons. The van der Waals surface area contributed by atoms with Gasteiger partial charge in [0.05, 0.1) is 18.4 Å². The molecule has 0 radical (unpaired) electrons. The Morgan fingerprint density at radius 3 is 2.40 bits per heavy atom. The largest absolute Gasteiger partial charge is 0.479 e. The highest BCUT2D eigenvalue weighted by Gasteiger charge is 2.34. The van der Waals surface area contributed by atoms with Crippen LogP contribution in [-0.4, -0.2) is 69.2 Å². The third-order valence-electron chi connectivity index (χ3n) is 2.69. The number of carboxylic acids is 1. The van der Waals surface area contributed by atoms with Crippen LogP contribution in [0.25, 0.3) is 0 Å². The summed E-state index contributed by atoms with van der Waals surface area (Å²) in [6, 6.07) is 0. The summed E-state index contributed by atoms with van der Waals surface area (Å²) < 4.78 is 22.0. The number of hydrogen-bond donors (Lipinski definition) is 1. The molecule has 8 heteroatoms. The van der Waals surface area contributed by atoms with Crippen LogP contribution in [0, 0.1) is 0 Å². The van der Waals surface area contributed by atoms with E-state index in [1.807, 2.05) is 0 Å². The maximum atomic E-state index is 12.1. The molecule has 1 rings (SSSR count). The van der Waals surface area contributed by atoms with Gasteiger partial charge in [-0.3, -0.25) is 4.21 Å². The first-order valence-electron chi connectivity index (χ1n) is 6.24. The summed E-state index contributed by atoms with van der Waals surface area (Å²) in [7, 11) is -1.22. The van der Waals surface area contributed by atoms with Crippen molar-refractivity contribution >= 4 is 22.9 Å². The average molecular weight is 307 g/mol. The molecule has 0 aromatic rings.